The lowest BCUT2D eigenvalue weighted by Crippen LogP contribution is -2.35. The molecular weight excluding hydrogens is 324 g/mol. The number of aromatic nitrogens is 3. The first-order chi connectivity index (χ1) is 12.8. The number of piperidine rings is 1. The van der Waals surface area contributed by atoms with Gasteiger partial charge in [0.25, 0.3) is 0 Å². The predicted octanol–water partition coefficient (Wildman–Crippen LogP) is 3.37. The van der Waals surface area contributed by atoms with Crippen molar-refractivity contribution in [2.45, 2.75) is 31.7 Å². The van der Waals surface area contributed by atoms with Crippen molar-refractivity contribution in [3.63, 3.8) is 0 Å². The molecule has 1 aromatic carbocycles. The number of carbonyl (C=O) groups excluding carboxylic acids is 1. The van der Waals surface area contributed by atoms with Crippen LogP contribution in [0, 0.1) is 11.8 Å². The highest BCUT2D eigenvalue weighted by molar-refractivity contribution is 5.89. The highest BCUT2D eigenvalue weighted by atomic mass is 16.1. The second-order valence-electron chi connectivity index (χ2n) is 7.47. The molecule has 2 aliphatic rings. The van der Waals surface area contributed by atoms with Gasteiger partial charge in [0, 0.05) is 31.1 Å². The van der Waals surface area contributed by atoms with Crippen LogP contribution in [0.2, 0.25) is 0 Å². The Morgan fingerprint density at radius 2 is 2.04 bits per heavy atom. The third kappa shape index (κ3) is 2.50. The van der Waals surface area contributed by atoms with Crippen molar-refractivity contribution >= 4 is 22.6 Å². The topological polar surface area (TPSA) is 61.9 Å². The first-order valence-corrected chi connectivity index (χ1v) is 9.42. The number of aromatic amines is 1. The van der Waals surface area contributed by atoms with Crippen LogP contribution < -0.4 is 4.90 Å². The normalized spacial score (nSPS) is 24.5. The van der Waals surface area contributed by atoms with E-state index in [1.54, 1.807) is 6.33 Å². The summed E-state index contributed by atoms with van der Waals surface area (Å²) in [6, 6.07) is 12.6. The Balaban J connectivity index is 1.35. The Kier molecular flexibility index (Phi) is 3.73. The Labute approximate surface area is 152 Å². The van der Waals surface area contributed by atoms with E-state index in [0.29, 0.717) is 18.1 Å². The molecule has 0 spiro atoms. The zero-order chi connectivity index (χ0) is 17.5. The lowest BCUT2D eigenvalue weighted by molar-refractivity contribution is -0.123. The third-order valence-corrected chi connectivity index (χ3v) is 6.07. The molecule has 3 unspecified atom stereocenters. The van der Waals surface area contributed by atoms with E-state index < -0.39 is 0 Å². The highest BCUT2D eigenvalue weighted by Crippen LogP contribution is 2.46. The molecule has 26 heavy (non-hydrogen) atoms. The monoisotopic (exact) mass is 346 g/mol. The fraction of sp³-hybridized carbons (Fsp3) is 0.381. The van der Waals surface area contributed by atoms with Crippen LogP contribution in [0.5, 0.6) is 0 Å². The molecule has 1 saturated heterocycles. The summed E-state index contributed by atoms with van der Waals surface area (Å²) >= 11 is 0. The summed E-state index contributed by atoms with van der Waals surface area (Å²) in [7, 11) is 0. The van der Waals surface area contributed by atoms with Gasteiger partial charge in [-0.1, -0.05) is 30.3 Å². The quantitative estimate of drug-likeness (QED) is 0.769. The van der Waals surface area contributed by atoms with Gasteiger partial charge in [0.1, 0.15) is 23.6 Å². The summed E-state index contributed by atoms with van der Waals surface area (Å²) < 4.78 is 0. The van der Waals surface area contributed by atoms with E-state index in [1.807, 2.05) is 30.5 Å². The van der Waals surface area contributed by atoms with E-state index in [4.69, 9.17) is 0 Å². The van der Waals surface area contributed by atoms with Gasteiger partial charge in [-0.05, 0) is 36.8 Å². The van der Waals surface area contributed by atoms with Crippen LogP contribution in [0.25, 0.3) is 11.0 Å². The van der Waals surface area contributed by atoms with Gasteiger partial charge in [0.15, 0.2) is 0 Å². The van der Waals surface area contributed by atoms with E-state index in [-0.39, 0.29) is 12.0 Å². The smallest absolute Gasteiger partial charge is 0.142 e. The summed E-state index contributed by atoms with van der Waals surface area (Å²) in [6.45, 7) is 0.934. The fourth-order valence-corrected chi connectivity index (χ4v) is 4.89. The van der Waals surface area contributed by atoms with Crippen LogP contribution in [-0.4, -0.2) is 33.3 Å². The number of hydrogen-bond donors (Lipinski definition) is 1. The van der Waals surface area contributed by atoms with Gasteiger partial charge in [-0.2, -0.15) is 0 Å². The first kappa shape index (κ1) is 15.6. The Morgan fingerprint density at radius 3 is 2.92 bits per heavy atom. The number of nitrogens with zero attached hydrogens (tertiary/aromatic N) is 3. The molecule has 3 aromatic rings. The van der Waals surface area contributed by atoms with Gasteiger partial charge in [-0.15, -0.1) is 0 Å². The first-order valence-electron chi connectivity index (χ1n) is 9.42. The number of fused-ring (bicyclic) bond motifs is 3. The van der Waals surface area contributed by atoms with E-state index in [2.05, 4.69) is 32.0 Å². The maximum atomic E-state index is 13.0. The number of carbonyl (C=O) groups is 1. The van der Waals surface area contributed by atoms with Gasteiger partial charge < -0.3 is 9.88 Å². The summed E-state index contributed by atoms with van der Waals surface area (Å²) in [5, 5.41) is 1.05. The molecule has 5 rings (SSSR count). The Bertz CT molecular complexity index is 935. The number of H-pyrrole nitrogens is 1. The highest BCUT2D eigenvalue weighted by Gasteiger charge is 2.50. The molecular formula is C21H22N4O. The van der Waals surface area contributed by atoms with Crippen molar-refractivity contribution in [3.8, 4) is 0 Å². The summed E-state index contributed by atoms with van der Waals surface area (Å²) in [5.41, 5.74) is 2.11. The number of aryl methyl sites for hydroxylation is 1. The zero-order valence-electron chi connectivity index (χ0n) is 14.6. The number of Topliss-reactive ketones (excluding diaryl/α,β-unsaturated/α-hetero) is 1. The summed E-state index contributed by atoms with van der Waals surface area (Å²) in [6.07, 6.45) is 7.24. The molecule has 3 heterocycles. The van der Waals surface area contributed by atoms with Gasteiger partial charge in [-0.3, -0.25) is 4.79 Å². The van der Waals surface area contributed by atoms with Crippen LogP contribution in [0.15, 0.2) is 48.9 Å². The van der Waals surface area contributed by atoms with E-state index in [9.17, 15) is 4.79 Å². The molecule has 0 radical (unpaired) electrons. The Morgan fingerprint density at radius 1 is 1.15 bits per heavy atom. The standard InChI is InChI=1S/C21H22N4O/c26-18(9-6-14-4-2-1-3-5-14)19-15-7-8-17(19)25(12-15)21-16-10-11-22-20(16)23-13-24-21/h1-5,10-11,13,15,17,19H,6-9,12H2,(H,22,23,24). The van der Waals surface area contributed by atoms with Crippen molar-refractivity contribution in [1.82, 2.24) is 15.0 Å². The van der Waals surface area contributed by atoms with E-state index in [0.717, 1.165) is 42.7 Å². The largest absolute Gasteiger partial charge is 0.352 e. The van der Waals surface area contributed by atoms with E-state index in [1.165, 1.54) is 5.56 Å². The van der Waals surface area contributed by atoms with Gasteiger partial charge in [0.2, 0.25) is 0 Å². The van der Waals surface area contributed by atoms with Crippen LogP contribution in [0.1, 0.15) is 24.8 Å². The van der Waals surface area contributed by atoms with Crippen molar-refractivity contribution in [2.24, 2.45) is 11.8 Å². The van der Waals surface area contributed by atoms with Crippen LogP contribution in [0.3, 0.4) is 0 Å². The number of hydrogen-bond acceptors (Lipinski definition) is 4. The minimum atomic E-state index is 0.155. The molecule has 1 aliphatic heterocycles. The van der Waals surface area contributed by atoms with Crippen molar-refractivity contribution in [2.75, 3.05) is 11.4 Å². The average Bonchev–Trinajstić information content (AvgIpc) is 3.40. The molecule has 2 aromatic heterocycles. The molecule has 5 nitrogen and oxygen atoms in total. The average molecular weight is 346 g/mol. The molecule has 132 valence electrons. The van der Waals surface area contributed by atoms with E-state index >= 15 is 0 Å². The van der Waals surface area contributed by atoms with Crippen LogP contribution >= 0.6 is 0 Å². The maximum absolute atomic E-state index is 13.0. The SMILES string of the molecule is O=C(CCc1ccccc1)C1C2CCC1N(c1ncnc3[nH]ccc13)C2. The zero-order valence-corrected chi connectivity index (χ0v) is 14.6. The number of anilines is 1. The lowest BCUT2D eigenvalue weighted by Gasteiger charge is -2.28. The number of ketones is 1. The minimum Gasteiger partial charge on any atom is -0.352 e. The maximum Gasteiger partial charge on any atom is 0.142 e. The van der Waals surface area contributed by atoms with Crippen molar-refractivity contribution in [3.05, 3.63) is 54.5 Å². The second kappa shape index (κ2) is 6.24. The third-order valence-electron chi connectivity index (χ3n) is 6.07. The molecule has 2 fully saturated rings. The number of nitrogens with one attached hydrogen (secondary N) is 1. The molecule has 1 saturated carbocycles. The molecule has 1 N–H and O–H groups in total. The fourth-order valence-electron chi connectivity index (χ4n) is 4.89. The number of benzene rings is 1. The lowest BCUT2D eigenvalue weighted by atomic mass is 9.90. The Hall–Kier alpha value is -2.69. The van der Waals surface area contributed by atoms with Crippen molar-refractivity contribution < 1.29 is 4.79 Å². The van der Waals surface area contributed by atoms with Crippen molar-refractivity contribution in [1.29, 1.82) is 0 Å². The van der Waals surface area contributed by atoms with Gasteiger partial charge in [-0.25, -0.2) is 9.97 Å². The second-order valence-corrected chi connectivity index (χ2v) is 7.47. The molecule has 5 heteroatoms. The molecule has 3 atom stereocenters. The molecule has 1 aliphatic carbocycles. The molecule has 2 bridgehead atoms. The predicted molar refractivity (Wildman–Crippen MR) is 101 cm³/mol. The van der Waals surface area contributed by atoms with Crippen LogP contribution in [0.4, 0.5) is 5.82 Å². The van der Waals surface area contributed by atoms with Gasteiger partial charge >= 0.3 is 0 Å². The van der Waals surface area contributed by atoms with Crippen LogP contribution in [-0.2, 0) is 11.2 Å². The number of rotatable bonds is 5. The minimum absolute atomic E-state index is 0.155. The van der Waals surface area contributed by atoms with Gasteiger partial charge in [0.05, 0.1) is 5.39 Å². The summed E-state index contributed by atoms with van der Waals surface area (Å²) in [4.78, 5) is 27.4. The molecule has 0 amide bonds. The summed E-state index contributed by atoms with van der Waals surface area (Å²) in [5.74, 6) is 2.02.